The van der Waals surface area contributed by atoms with E-state index in [9.17, 15) is 10.4 Å². The van der Waals surface area contributed by atoms with E-state index in [4.69, 9.17) is 0 Å². The Morgan fingerprint density at radius 3 is 2.65 bits per heavy atom. The first-order valence-corrected chi connectivity index (χ1v) is 7.10. The van der Waals surface area contributed by atoms with Crippen molar-refractivity contribution in [2.75, 3.05) is 6.54 Å². The van der Waals surface area contributed by atoms with Crippen molar-refractivity contribution in [1.82, 2.24) is 5.32 Å². The molecule has 3 heteroatoms. The topological polar surface area (TPSA) is 56.0 Å². The van der Waals surface area contributed by atoms with Gasteiger partial charge in [0.05, 0.1) is 18.1 Å². The highest BCUT2D eigenvalue weighted by atomic mass is 16.3. The predicted octanol–water partition coefficient (Wildman–Crippen LogP) is 2.21. The summed E-state index contributed by atoms with van der Waals surface area (Å²) in [5.41, 5.74) is 0. The second kappa shape index (κ2) is 6.37. The standard InChI is InChI=1S/C14H24N2O/c15-9-12-4-2-1-3-5-14(12)16-10-11-6-7-13(17)8-11/h11-14,16-17H,1-8,10H2. The zero-order valence-corrected chi connectivity index (χ0v) is 10.6. The molecule has 4 unspecified atom stereocenters. The number of hydrogen-bond acceptors (Lipinski definition) is 3. The molecule has 0 aromatic rings. The van der Waals surface area contributed by atoms with Crippen molar-refractivity contribution in [3.8, 4) is 6.07 Å². The molecule has 2 aliphatic rings. The molecule has 0 aromatic heterocycles. The summed E-state index contributed by atoms with van der Waals surface area (Å²) in [6, 6.07) is 2.86. The van der Waals surface area contributed by atoms with E-state index in [1.807, 2.05) is 0 Å². The Kier molecular flexibility index (Phi) is 4.82. The van der Waals surface area contributed by atoms with Gasteiger partial charge in [-0.1, -0.05) is 19.3 Å². The van der Waals surface area contributed by atoms with Crippen LogP contribution >= 0.6 is 0 Å². The summed E-state index contributed by atoms with van der Waals surface area (Å²) in [5, 5.41) is 22.3. The second-order valence-electron chi connectivity index (χ2n) is 5.72. The first-order chi connectivity index (χ1) is 8.29. The lowest BCUT2D eigenvalue weighted by Gasteiger charge is -2.23. The molecular formula is C14H24N2O. The van der Waals surface area contributed by atoms with Crippen LogP contribution in [0, 0.1) is 23.2 Å². The van der Waals surface area contributed by atoms with Crippen LogP contribution in [0.4, 0.5) is 0 Å². The first-order valence-electron chi connectivity index (χ1n) is 7.10. The summed E-state index contributed by atoms with van der Waals surface area (Å²) in [5.74, 6) is 0.816. The molecule has 2 rings (SSSR count). The number of nitrogens with zero attached hydrogens (tertiary/aromatic N) is 1. The normalized spacial score (nSPS) is 38.6. The molecule has 0 amide bonds. The highest BCUT2D eigenvalue weighted by Crippen LogP contribution is 2.27. The zero-order valence-electron chi connectivity index (χ0n) is 10.6. The molecule has 2 fully saturated rings. The molecule has 2 saturated carbocycles. The third-order valence-electron chi connectivity index (χ3n) is 4.36. The molecule has 0 aliphatic heterocycles. The van der Waals surface area contributed by atoms with Crippen LogP contribution in [0.25, 0.3) is 0 Å². The van der Waals surface area contributed by atoms with E-state index in [-0.39, 0.29) is 12.0 Å². The predicted molar refractivity (Wildman–Crippen MR) is 67.3 cm³/mol. The van der Waals surface area contributed by atoms with Gasteiger partial charge in [0.2, 0.25) is 0 Å². The van der Waals surface area contributed by atoms with E-state index in [1.54, 1.807) is 0 Å². The van der Waals surface area contributed by atoms with Crippen molar-refractivity contribution in [2.45, 2.75) is 63.5 Å². The fraction of sp³-hybridized carbons (Fsp3) is 0.929. The summed E-state index contributed by atoms with van der Waals surface area (Å²) in [4.78, 5) is 0. The van der Waals surface area contributed by atoms with Gasteiger partial charge in [-0.25, -0.2) is 0 Å². The fourth-order valence-corrected chi connectivity index (χ4v) is 3.26. The minimum atomic E-state index is -0.0808. The summed E-state index contributed by atoms with van der Waals surface area (Å²) < 4.78 is 0. The molecule has 0 spiro atoms. The Labute approximate surface area is 104 Å². The molecule has 2 N–H and O–H groups in total. The van der Waals surface area contributed by atoms with Gasteiger partial charge in [-0.15, -0.1) is 0 Å². The molecule has 17 heavy (non-hydrogen) atoms. The van der Waals surface area contributed by atoms with E-state index in [0.29, 0.717) is 12.0 Å². The van der Waals surface area contributed by atoms with Crippen LogP contribution in [-0.4, -0.2) is 23.8 Å². The number of aliphatic hydroxyl groups is 1. The van der Waals surface area contributed by atoms with Crippen LogP contribution in [0.2, 0.25) is 0 Å². The third kappa shape index (κ3) is 3.69. The Bertz CT molecular complexity index is 274. The molecule has 2 aliphatic carbocycles. The molecule has 4 atom stereocenters. The van der Waals surface area contributed by atoms with Gasteiger partial charge in [0.25, 0.3) is 0 Å². The minimum absolute atomic E-state index is 0.0808. The molecule has 0 bridgehead atoms. The van der Waals surface area contributed by atoms with Gasteiger partial charge in [0.15, 0.2) is 0 Å². The van der Waals surface area contributed by atoms with Gasteiger partial charge in [-0.2, -0.15) is 5.26 Å². The van der Waals surface area contributed by atoms with Crippen molar-refractivity contribution < 1.29 is 5.11 Å². The molecule has 0 heterocycles. The first kappa shape index (κ1) is 12.9. The van der Waals surface area contributed by atoms with Gasteiger partial charge in [-0.3, -0.25) is 0 Å². The zero-order chi connectivity index (χ0) is 12.1. The largest absolute Gasteiger partial charge is 0.393 e. The Morgan fingerprint density at radius 1 is 1.12 bits per heavy atom. The maximum Gasteiger partial charge on any atom is 0.0672 e. The lowest BCUT2D eigenvalue weighted by atomic mass is 9.95. The van der Waals surface area contributed by atoms with Crippen LogP contribution in [0.1, 0.15) is 51.4 Å². The number of nitrogens with one attached hydrogen (secondary N) is 1. The van der Waals surface area contributed by atoms with E-state index in [2.05, 4.69) is 11.4 Å². The molecule has 0 radical (unpaired) electrons. The van der Waals surface area contributed by atoms with Crippen LogP contribution in [0.3, 0.4) is 0 Å². The van der Waals surface area contributed by atoms with Crippen molar-refractivity contribution in [2.24, 2.45) is 11.8 Å². The smallest absolute Gasteiger partial charge is 0.0672 e. The minimum Gasteiger partial charge on any atom is -0.393 e. The lowest BCUT2D eigenvalue weighted by molar-refractivity contribution is 0.176. The summed E-state index contributed by atoms with van der Waals surface area (Å²) >= 11 is 0. The maximum absolute atomic E-state index is 9.50. The van der Waals surface area contributed by atoms with Gasteiger partial charge in [-0.05, 0) is 44.6 Å². The number of aliphatic hydroxyl groups excluding tert-OH is 1. The summed E-state index contributed by atoms with van der Waals surface area (Å²) in [7, 11) is 0. The quantitative estimate of drug-likeness (QED) is 0.739. The second-order valence-corrected chi connectivity index (χ2v) is 5.72. The van der Waals surface area contributed by atoms with Gasteiger partial charge in [0, 0.05) is 6.04 Å². The average molecular weight is 236 g/mol. The summed E-state index contributed by atoms with van der Waals surface area (Å²) in [6.07, 6.45) is 8.89. The summed E-state index contributed by atoms with van der Waals surface area (Å²) in [6.45, 7) is 0.986. The van der Waals surface area contributed by atoms with E-state index >= 15 is 0 Å². The maximum atomic E-state index is 9.50. The van der Waals surface area contributed by atoms with Crippen molar-refractivity contribution in [3.63, 3.8) is 0 Å². The average Bonchev–Trinajstić information content (AvgIpc) is 2.63. The monoisotopic (exact) mass is 236 g/mol. The number of rotatable bonds is 3. The van der Waals surface area contributed by atoms with Crippen LogP contribution in [0.15, 0.2) is 0 Å². The third-order valence-corrected chi connectivity index (χ3v) is 4.36. The Hall–Kier alpha value is -0.590. The van der Waals surface area contributed by atoms with Crippen LogP contribution < -0.4 is 5.32 Å². The van der Waals surface area contributed by atoms with Crippen molar-refractivity contribution in [3.05, 3.63) is 0 Å². The van der Waals surface area contributed by atoms with Crippen molar-refractivity contribution in [1.29, 1.82) is 5.26 Å². The van der Waals surface area contributed by atoms with Crippen molar-refractivity contribution >= 4 is 0 Å². The van der Waals surface area contributed by atoms with E-state index < -0.39 is 0 Å². The SMILES string of the molecule is N#CC1CCCCCC1NCC1CCC(O)C1. The fourth-order valence-electron chi connectivity index (χ4n) is 3.26. The molecule has 96 valence electrons. The van der Waals surface area contributed by atoms with Gasteiger partial charge >= 0.3 is 0 Å². The van der Waals surface area contributed by atoms with E-state index in [0.717, 1.165) is 38.6 Å². The molecule has 3 nitrogen and oxygen atoms in total. The number of nitriles is 1. The molecule has 0 aromatic carbocycles. The van der Waals surface area contributed by atoms with Gasteiger partial charge in [0.1, 0.15) is 0 Å². The highest BCUT2D eigenvalue weighted by Gasteiger charge is 2.26. The Morgan fingerprint density at radius 2 is 1.94 bits per heavy atom. The van der Waals surface area contributed by atoms with Crippen LogP contribution in [-0.2, 0) is 0 Å². The lowest BCUT2D eigenvalue weighted by Crippen LogP contribution is -2.37. The molecule has 0 saturated heterocycles. The Balaban J connectivity index is 1.78. The van der Waals surface area contributed by atoms with Crippen LogP contribution in [0.5, 0.6) is 0 Å². The highest BCUT2D eigenvalue weighted by molar-refractivity contribution is 4.94. The van der Waals surface area contributed by atoms with Gasteiger partial charge < -0.3 is 10.4 Å². The molecular weight excluding hydrogens is 212 g/mol. The van der Waals surface area contributed by atoms with E-state index in [1.165, 1.54) is 19.3 Å². The number of hydrogen-bond donors (Lipinski definition) is 2.